The third kappa shape index (κ3) is 5.60. The summed E-state index contributed by atoms with van der Waals surface area (Å²) in [7, 11) is -3.52. The van der Waals surface area contributed by atoms with Crippen LogP contribution in [0.3, 0.4) is 0 Å². The Balaban J connectivity index is 1.38. The quantitative estimate of drug-likeness (QED) is 0.341. The summed E-state index contributed by atoms with van der Waals surface area (Å²) in [5.74, 6) is 1.59. The number of nitrogens with zero attached hydrogens (tertiary/aromatic N) is 3. The van der Waals surface area contributed by atoms with Gasteiger partial charge >= 0.3 is 0 Å². The van der Waals surface area contributed by atoms with Crippen molar-refractivity contribution in [2.24, 2.45) is 0 Å². The fraction of sp³-hybridized carbons (Fsp3) is 0.333. The minimum Gasteiger partial charge on any atom is -0.493 e. The molecule has 3 aromatic rings. The summed E-state index contributed by atoms with van der Waals surface area (Å²) in [5.41, 5.74) is 0.576. The predicted octanol–water partition coefficient (Wildman–Crippen LogP) is 4.74. The van der Waals surface area contributed by atoms with Gasteiger partial charge in [0.2, 0.25) is 15.9 Å². The molecule has 0 saturated carbocycles. The molecule has 1 aromatic heterocycles. The van der Waals surface area contributed by atoms with E-state index in [9.17, 15) is 8.42 Å². The number of aromatic nitrogens is 2. The second kappa shape index (κ2) is 10.0. The van der Waals surface area contributed by atoms with Crippen molar-refractivity contribution in [2.75, 3.05) is 25.4 Å². The van der Waals surface area contributed by atoms with Crippen molar-refractivity contribution >= 4 is 33.4 Å². The zero-order valence-electron chi connectivity index (χ0n) is 16.7. The van der Waals surface area contributed by atoms with Crippen LogP contribution in [0.25, 0.3) is 11.5 Å². The van der Waals surface area contributed by atoms with Crippen molar-refractivity contribution in [3.8, 4) is 17.2 Å². The van der Waals surface area contributed by atoms with Crippen molar-refractivity contribution in [2.45, 2.75) is 29.4 Å². The second-order valence-corrected chi connectivity index (χ2v) is 10.4. The summed E-state index contributed by atoms with van der Waals surface area (Å²) in [4.78, 5) is 0.245. The zero-order valence-corrected chi connectivity index (χ0v) is 19.1. The van der Waals surface area contributed by atoms with Crippen LogP contribution in [0, 0.1) is 0 Å². The van der Waals surface area contributed by atoms with Crippen LogP contribution in [0.2, 0.25) is 5.02 Å². The smallest absolute Gasteiger partial charge is 0.276 e. The van der Waals surface area contributed by atoms with Crippen LogP contribution < -0.4 is 4.74 Å². The van der Waals surface area contributed by atoms with Gasteiger partial charge in [0.05, 0.1) is 11.5 Å². The number of benzene rings is 2. The summed E-state index contributed by atoms with van der Waals surface area (Å²) in [6.45, 7) is 1.57. The van der Waals surface area contributed by atoms with Gasteiger partial charge in [-0.2, -0.15) is 4.31 Å². The number of sulfonamides is 1. The molecule has 31 heavy (non-hydrogen) atoms. The van der Waals surface area contributed by atoms with Gasteiger partial charge in [0.15, 0.2) is 0 Å². The number of ether oxygens (including phenoxy) is 1. The first-order valence-corrected chi connectivity index (χ1v) is 12.8. The molecule has 1 saturated heterocycles. The van der Waals surface area contributed by atoms with Gasteiger partial charge in [0.25, 0.3) is 5.22 Å². The average molecular weight is 480 g/mol. The normalized spacial score (nSPS) is 15.1. The van der Waals surface area contributed by atoms with Gasteiger partial charge in [-0.1, -0.05) is 41.9 Å². The number of thioether (sulfide) groups is 1. The van der Waals surface area contributed by atoms with Crippen molar-refractivity contribution in [3.63, 3.8) is 0 Å². The first kappa shape index (κ1) is 22.1. The number of rotatable bonds is 8. The molecule has 0 aliphatic carbocycles. The second-order valence-electron chi connectivity index (χ2n) is 7.02. The Kier molecular flexibility index (Phi) is 7.16. The maximum Gasteiger partial charge on any atom is 0.276 e. The Morgan fingerprint density at radius 3 is 2.68 bits per heavy atom. The third-order valence-corrected chi connectivity index (χ3v) is 7.73. The highest BCUT2D eigenvalue weighted by molar-refractivity contribution is 7.99. The highest BCUT2D eigenvalue weighted by Gasteiger charge is 2.26. The number of piperidine rings is 1. The molecule has 0 unspecified atom stereocenters. The maximum atomic E-state index is 12.9. The largest absolute Gasteiger partial charge is 0.493 e. The Morgan fingerprint density at radius 2 is 1.87 bits per heavy atom. The molecule has 2 heterocycles. The Bertz CT molecular complexity index is 1130. The maximum absolute atomic E-state index is 12.9. The minimum atomic E-state index is -3.52. The van der Waals surface area contributed by atoms with Gasteiger partial charge in [0, 0.05) is 29.4 Å². The molecule has 0 spiro atoms. The van der Waals surface area contributed by atoms with Crippen LogP contribution in [0.1, 0.15) is 19.3 Å². The van der Waals surface area contributed by atoms with Gasteiger partial charge in [-0.15, -0.1) is 10.2 Å². The van der Waals surface area contributed by atoms with E-state index < -0.39 is 10.0 Å². The van der Waals surface area contributed by atoms with E-state index in [1.807, 2.05) is 12.1 Å². The van der Waals surface area contributed by atoms with E-state index in [2.05, 4.69) is 10.2 Å². The molecule has 1 aliphatic heterocycles. The molecule has 0 N–H and O–H groups in total. The highest BCUT2D eigenvalue weighted by Crippen LogP contribution is 2.27. The average Bonchev–Trinajstić information content (AvgIpc) is 3.27. The van der Waals surface area contributed by atoms with Crippen molar-refractivity contribution in [3.05, 3.63) is 53.6 Å². The van der Waals surface area contributed by atoms with Crippen molar-refractivity contribution in [1.82, 2.24) is 14.5 Å². The highest BCUT2D eigenvalue weighted by atomic mass is 35.5. The van der Waals surface area contributed by atoms with Crippen molar-refractivity contribution < 1.29 is 17.6 Å². The van der Waals surface area contributed by atoms with E-state index in [1.165, 1.54) is 11.8 Å². The first-order valence-electron chi connectivity index (χ1n) is 9.98. The van der Waals surface area contributed by atoms with E-state index in [-0.39, 0.29) is 10.8 Å². The molecular formula is C21H22ClN3O4S2. The topological polar surface area (TPSA) is 85.5 Å². The van der Waals surface area contributed by atoms with Crippen LogP contribution in [-0.4, -0.2) is 48.4 Å². The monoisotopic (exact) mass is 479 g/mol. The SMILES string of the molecule is O=S(=O)(c1cccc(-c2nnc(SCCOc3cccc(Cl)c3)o2)c1)N1CCCCC1. The standard InChI is InChI=1S/C21H22ClN3O4S2/c22-17-7-5-8-18(15-17)28-12-13-30-21-24-23-20(29-21)16-6-4-9-19(14-16)31(26,27)25-10-2-1-3-11-25/h4-9,14-15H,1-3,10-13H2. The zero-order chi connectivity index (χ0) is 21.7. The van der Waals surface area contributed by atoms with Gasteiger partial charge in [0.1, 0.15) is 5.75 Å². The lowest BCUT2D eigenvalue weighted by molar-refractivity contribution is 0.343. The molecule has 7 nitrogen and oxygen atoms in total. The molecule has 164 valence electrons. The van der Waals surface area contributed by atoms with Gasteiger partial charge in [-0.3, -0.25) is 0 Å². The van der Waals surface area contributed by atoms with Crippen LogP contribution in [0.4, 0.5) is 0 Å². The first-order chi connectivity index (χ1) is 15.0. The lowest BCUT2D eigenvalue weighted by Crippen LogP contribution is -2.35. The third-order valence-electron chi connectivity index (χ3n) is 4.81. The van der Waals surface area contributed by atoms with E-state index in [4.69, 9.17) is 20.8 Å². The summed E-state index contributed by atoms with van der Waals surface area (Å²) >= 11 is 7.31. The molecule has 0 radical (unpaired) electrons. The predicted molar refractivity (Wildman–Crippen MR) is 120 cm³/mol. The molecule has 10 heteroatoms. The molecule has 2 aromatic carbocycles. The minimum absolute atomic E-state index is 0.245. The Hall–Kier alpha value is -2.07. The van der Waals surface area contributed by atoms with Crippen molar-refractivity contribution in [1.29, 1.82) is 0 Å². The van der Waals surface area contributed by atoms with Crippen LogP contribution in [-0.2, 0) is 10.0 Å². The molecule has 0 amide bonds. The van der Waals surface area contributed by atoms with Crippen LogP contribution in [0.15, 0.2) is 63.1 Å². The summed E-state index contributed by atoms with van der Waals surface area (Å²) in [6, 6.07) is 13.9. The van der Waals surface area contributed by atoms with E-state index in [1.54, 1.807) is 40.7 Å². The van der Waals surface area contributed by atoms with Crippen LogP contribution >= 0.6 is 23.4 Å². The number of hydrogen-bond donors (Lipinski definition) is 0. The molecule has 0 bridgehead atoms. The summed E-state index contributed by atoms with van der Waals surface area (Å²) < 4.78 is 38.7. The Morgan fingerprint density at radius 1 is 1.06 bits per heavy atom. The summed E-state index contributed by atoms with van der Waals surface area (Å²) in [6.07, 6.45) is 2.85. The van der Waals surface area contributed by atoms with Crippen LogP contribution in [0.5, 0.6) is 5.75 Å². The molecule has 1 aliphatic rings. The van der Waals surface area contributed by atoms with E-state index in [0.717, 1.165) is 19.3 Å². The molecule has 1 fully saturated rings. The van der Waals surface area contributed by atoms with Gasteiger partial charge < -0.3 is 9.15 Å². The number of halogens is 1. The van der Waals surface area contributed by atoms with Gasteiger partial charge in [-0.25, -0.2) is 8.42 Å². The lowest BCUT2D eigenvalue weighted by Gasteiger charge is -2.25. The lowest BCUT2D eigenvalue weighted by atomic mass is 10.2. The van der Waals surface area contributed by atoms with E-state index >= 15 is 0 Å². The molecule has 0 atom stereocenters. The Labute approximate surface area is 190 Å². The molecular weight excluding hydrogens is 458 g/mol. The molecule has 4 rings (SSSR count). The fourth-order valence-corrected chi connectivity index (χ4v) is 5.60. The number of hydrogen-bond acceptors (Lipinski definition) is 7. The summed E-state index contributed by atoms with van der Waals surface area (Å²) in [5, 5.41) is 9.13. The van der Waals surface area contributed by atoms with Gasteiger partial charge in [-0.05, 0) is 49.2 Å². The van der Waals surface area contributed by atoms with E-state index in [0.29, 0.717) is 47.0 Å². The fourth-order valence-electron chi connectivity index (χ4n) is 3.27.